The smallest absolute Gasteiger partial charge is 0.166 e. The number of anilines is 1. The summed E-state index contributed by atoms with van der Waals surface area (Å²) in [5, 5.41) is 7.32. The van der Waals surface area contributed by atoms with E-state index in [0.29, 0.717) is 12.6 Å². The van der Waals surface area contributed by atoms with Crippen molar-refractivity contribution >= 4 is 23.0 Å². The van der Waals surface area contributed by atoms with Gasteiger partial charge in [-0.3, -0.25) is 4.90 Å². The van der Waals surface area contributed by atoms with Crippen molar-refractivity contribution in [2.24, 2.45) is 11.8 Å². The van der Waals surface area contributed by atoms with Gasteiger partial charge in [-0.1, -0.05) is 18.2 Å². The predicted octanol–water partition coefficient (Wildman–Crippen LogP) is 1.94. The van der Waals surface area contributed by atoms with Gasteiger partial charge in [-0.25, -0.2) is 0 Å². The lowest BCUT2D eigenvalue weighted by atomic mass is 9.75. The molecule has 2 bridgehead atoms. The molecule has 26 heavy (non-hydrogen) atoms. The van der Waals surface area contributed by atoms with Crippen LogP contribution >= 0.6 is 12.2 Å². The van der Waals surface area contributed by atoms with Crippen LogP contribution in [0.5, 0.6) is 0 Å². The zero-order chi connectivity index (χ0) is 18.4. The van der Waals surface area contributed by atoms with E-state index in [4.69, 9.17) is 17.0 Å². The molecule has 6 heteroatoms. The summed E-state index contributed by atoms with van der Waals surface area (Å²) in [5.74, 6) is 1.59. The number of thiocarbonyl (C=S) groups is 1. The highest BCUT2D eigenvalue weighted by atomic mass is 32.1. The van der Waals surface area contributed by atoms with Gasteiger partial charge in [-0.05, 0) is 55.6 Å². The third-order valence-electron chi connectivity index (χ3n) is 5.81. The van der Waals surface area contributed by atoms with Crippen molar-refractivity contribution in [1.29, 1.82) is 0 Å². The molecule has 4 unspecified atom stereocenters. The summed E-state index contributed by atoms with van der Waals surface area (Å²) in [6.45, 7) is 5.95. The zero-order valence-corrected chi connectivity index (χ0v) is 16.8. The Labute approximate surface area is 163 Å². The van der Waals surface area contributed by atoms with Gasteiger partial charge in [0, 0.05) is 52.1 Å². The maximum atomic E-state index is 5.35. The molecule has 4 rings (SSSR count). The third-order valence-corrected chi connectivity index (χ3v) is 6.10. The molecule has 2 N–H and O–H groups in total. The number of hydrogen-bond acceptors (Lipinski definition) is 4. The van der Waals surface area contributed by atoms with E-state index in [1.54, 1.807) is 7.11 Å². The lowest BCUT2D eigenvalue weighted by Gasteiger charge is -2.51. The molecule has 0 aromatic heterocycles. The molecule has 4 atom stereocenters. The molecule has 3 saturated heterocycles. The average molecular weight is 377 g/mol. The Morgan fingerprint density at radius 1 is 1.31 bits per heavy atom. The third kappa shape index (κ3) is 5.09. The second kappa shape index (κ2) is 9.53. The molecule has 144 valence electrons. The maximum Gasteiger partial charge on any atom is 0.166 e. The quantitative estimate of drug-likeness (QED) is 0.534. The largest absolute Gasteiger partial charge is 0.383 e. The van der Waals surface area contributed by atoms with E-state index in [0.717, 1.165) is 36.6 Å². The van der Waals surface area contributed by atoms with Gasteiger partial charge in [0.05, 0.1) is 6.61 Å². The molecular formula is C20H32N4OS. The first-order chi connectivity index (χ1) is 12.7. The van der Waals surface area contributed by atoms with Crippen LogP contribution in [0.1, 0.15) is 12.8 Å². The summed E-state index contributed by atoms with van der Waals surface area (Å²) in [7, 11) is 3.92. The molecule has 1 aromatic carbocycles. The summed E-state index contributed by atoms with van der Waals surface area (Å²) in [5.41, 5.74) is 1.31. The molecule has 3 aliphatic rings. The van der Waals surface area contributed by atoms with Gasteiger partial charge in [0.15, 0.2) is 5.11 Å². The topological polar surface area (TPSA) is 39.8 Å². The Kier molecular flexibility index (Phi) is 7.11. The molecule has 0 aliphatic carbocycles. The molecule has 0 saturated carbocycles. The van der Waals surface area contributed by atoms with Gasteiger partial charge in [0.1, 0.15) is 0 Å². The van der Waals surface area contributed by atoms with Gasteiger partial charge in [0.2, 0.25) is 0 Å². The van der Waals surface area contributed by atoms with Crippen LogP contribution in [0.2, 0.25) is 0 Å². The number of nitrogens with one attached hydrogen (secondary N) is 2. The van der Waals surface area contributed by atoms with Crippen molar-refractivity contribution in [2.75, 3.05) is 58.4 Å². The monoisotopic (exact) mass is 376 g/mol. The van der Waals surface area contributed by atoms with Crippen molar-refractivity contribution < 1.29 is 4.74 Å². The number of rotatable bonds is 8. The SMILES string of the molecule is COCCNC(=S)NCC1CC2CCN1CC2CN(C)c1ccccc1. The Balaban J connectivity index is 1.45. The lowest BCUT2D eigenvalue weighted by molar-refractivity contribution is 0.00660. The maximum absolute atomic E-state index is 5.35. The highest BCUT2D eigenvalue weighted by Gasteiger charge is 2.40. The van der Waals surface area contributed by atoms with Crippen molar-refractivity contribution in [1.82, 2.24) is 15.5 Å². The van der Waals surface area contributed by atoms with Crippen molar-refractivity contribution in [3.63, 3.8) is 0 Å². The Morgan fingerprint density at radius 3 is 2.81 bits per heavy atom. The number of fused-ring (bicyclic) bond motifs is 3. The minimum Gasteiger partial charge on any atom is -0.383 e. The van der Waals surface area contributed by atoms with Crippen LogP contribution in [-0.2, 0) is 4.74 Å². The van der Waals surface area contributed by atoms with Gasteiger partial charge in [0.25, 0.3) is 0 Å². The molecule has 0 amide bonds. The summed E-state index contributed by atoms with van der Waals surface area (Å²) in [6.07, 6.45) is 2.61. The van der Waals surface area contributed by atoms with Crippen LogP contribution in [0.15, 0.2) is 30.3 Å². The number of nitrogens with zero attached hydrogens (tertiary/aromatic N) is 2. The lowest BCUT2D eigenvalue weighted by Crippen LogP contribution is -2.58. The summed E-state index contributed by atoms with van der Waals surface area (Å²) >= 11 is 5.35. The van der Waals surface area contributed by atoms with Gasteiger partial charge >= 0.3 is 0 Å². The van der Waals surface area contributed by atoms with Crippen LogP contribution in [0.25, 0.3) is 0 Å². The Morgan fingerprint density at radius 2 is 2.12 bits per heavy atom. The second-order valence-corrected chi connectivity index (χ2v) is 7.95. The van der Waals surface area contributed by atoms with E-state index in [1.807, 2.05) is 0 Å². The number of para-hydroxylation sites is 1. The number of methoxy groups -OCH3 is 1. The van der Waals surface area contributed by atoms with Crippen LogP contribution in [0.3, 0.4) is 0 Å². The molecule has 0 spiro atoms. The summed E-state index contributed by atoms with van der Waals surface area (Å²) in [4.78, 5) is 5.07. The molecule has 3 aliphatic heterocycles. The van der Waals surface area contributed by atoms with Gasteiger partial charge in [-0.2, -0.15) is 0 Å². The fraction of sp³-hybridized carbons (Fsp3) is 0.650. The van der Waals surface area contributed by atoms with Crippen molar-refractivity contribution in [3.8, 4) is 0 Å². The second-order valence-electron chi connectivity index (χ2n) is 7.54. The van der Waals surface area contributed by atoms with E-state index in [-0.39, 0.29) is 0 Å². The van der Waals surface area contributed by atoms with E-state index in [1.165, 1.54) is 31.6 Å². The minimum atomic E-state index is 0.606. The first kappa shape index (κ1) is 19.4. The average Bonchev–Trinajstić information content (AvgIpc) is 2.68. The molecule has 0 radical (unpaired) electrons. The summed E-state index contributed by atoms with van der Waals surface area (Å²) in [6, 6.07) is 11.3. The first-order valence-electron chi connectivity index (χ1n) is 9.68. The van der Waals surface area contributed by atoms with Crippen LogP contribution < -0.4 is 15.5 Å². The van der Waals surface area contributed by atoms with Crippen molar-refractivity contribution in [2.45, 2.75) is 18.9 Å². The molecule has 1 aromatic rings. The van der Waals surface area contributed by atoms with Crippen LogP contribution in [-0.4, -0.2) is 69.5 Å². The highest BCUT2D eigenvalue weighted by Crippen LogP contribution is 2.36. The minimum absolute atomic E-state index is 0.606. The Bertz CT molecular complexity index is 570. The number of hydrogen-bond donors (Lipinski definition) is 2. The van der Waals surface area contributed by atoms with Gasteiger partial charge in [-0.15, -0.1) is 0 Å². The highest BCUT2D eigenvalue weighted by molar-refractivity contribution is 7.80. The van der Waals surface area contributed by atoms with E-state index >= 15 is 0 Å². The van der Waals surface area contributed by atoms with E-state index in [9.17, 15) is 0 Å². The molecular weight excluding hydrogens is 344 g/mol. The van der Waals surface area contributed by atoms with Crippen molar-refractivity contribution in [3.05, 3.63) is 30.3 Å². The fourth-order valence-corrected chi connectivity index (χ4v) is 4.53. The number of piperidine rings is 3. The van der Waals surface area contributed by atoms with Crippen LogP contribution in [0.4, 0.5) is 5.69 Å². The molecule has 5 nitrogen and oxygen atoms in total. The first-order valence-corrected chi connectivity index (χ1v) is 10.1. The summed E-state index contributed by atoms with van der Waals surface area (Å²) < 4.78 is 5.04. The molecule has 3 heterocycles. The fourth-order valence-electron chi connectivity index (χ4n) is 4.35. The predicted molar refractivity (Wildman–Crippen MR) is 112 cm³/mol. The Hall–Kier alpha value is -1.37. The number of benzene rings is 1. The normalized spacial score (nSPS) is 27.2. The number of ether oxygens (including phenoxy) is 1. The van der Waals surface area contributed by atoms with Crippen LogP contribution in [0, 0.1) is 11.8 Å². The van der Waals surface area contributed by atoms with Gasteiger partial charge < -0.3 is 20.3 Å². The zero-order valence-electron chi connectivity index (χ0n) is 16.0. The molecule has 3 fully saturated rings. The van der Waals surface area contributed by atoms with E-state index in [2.05, 4.69) is 57.8 Å². The standard InChI is InChI=1S/C20H32N4OS/c1-23(18-6-4-3-5-7-18)14-17-15-24-10-8-16(17)12-19(24)13-22-20(26)21-9-11-25-2/h3-7,16-17,19H,8-15H2,1-2H3,(H2,21,22,26). The van der Waals surface area contributed by atoms with E-state index < -0.39 is 0 Å².